The van der Waals surface area contributed by atoms with Crippen LogP contribution in [-0.2, 0) is 0 Å². The van der Waals surface area contributed by atoms with E-state index in [4.69, 9.17) is 0 Å². The third-order valence-corrected chi connectivity index (χ3v) is 3.48. The Balaban J connectivity index is 2.52. The highest BCUT2D eigenvalue weighted by Crippen LogP contribution is 2.26. The molecule has 0 spiro atoms. The molecule has 4 heteroatoms. The van der Waals surface area contributed by atoms with Crippen LogP contribution in [0.2, 0.25) is 0 Å². The minimum atomic E-state index is 0.360. The Bertz CT molecular complexity index is 468. The minimum Gasteiger partial charge on any atom is -0.239 e. The zero-order valence-corrected chi connectivity index (χ0v) is 10.3. The molecule has 0 aliphatic rings. The number of hydrogen-bond acceptors (Lipinski definition) is 4. The van der Waals surface area contributed by atoms with Gasteiger partial charge in [0.25, 0.3) is 0 Å². The smallest absolute Gasteiger partial charge is 0.174 e. The van der Waals surface area contributed by atoms with Gasteiger partial charge in [-0.05, 0) is 0 Å². The van der Waals surface area contributed by atoms with Gasteiger partial charge in [0.2, 0.25) is 0 Å². The van der Waals surface area contributed by atoms with Crippen LogP contribution in [0.25, 0.3) is 10.3 Å². The molecule has 0 radical (unpaired) electrons. The monoisotopic (exact) mass is 221 g/mol. The van der Waals surface area contributed by atoms with Crippen LogP contribution in [0.1, 0.15) is 50.4 Å². The quantitative estimate of drug-likeness (QED) is 0.780. The van der Waals surface area contributed by atoms with Gasteiger partial charge in [-0.15, -0.1) is 11.3 Å². The molecule has 2 aromatic rings. The van der Waals surface area contributed by atoms with E-state index in [-0.39, 0.29) is 0 Å². The molecule has 80 valence electrons. The first-order valence-corrected chi connectivity index (χ1v) is 6.03. The summed E-state index contributed by atoms with van der Waals surface area (Å²) in [5, 5.41) is 1.14. The average Bonchev–Trinajstić information content (AvgIpc) is 2.59. The second kappa shape index (κ2) is 3.85. The molecule has 0 bridgehead atoms. The molecular weight excluding hydrogens is 206 g/mol. The van der Waals surface area contributed by atoms with Crippen molar-refractivity contribution >= 4 is 21.7 Å². The lowest BCUT2D eigenvalue weighted by Gasteiger charge is -2.00. The average molecular weight is 221 g/mol. The summed E-state index contributed by atoms with van der Waals surface area (Å²) in [6.07, 6.45) is 1.89. The normalized spacial score (nSPS) is 11.9. The van der Waals surface area contributed by atoms with Crippen LogP contribution < -0.4 is 0 Å². The molecule has 3 nitrogen and oxygen atoms in total. The lowest BCUT2D eigenvalue weighted by molar-refractivity contribution is 0.780. The molecule has 0 fully saturated rings. The van der Waals surface area contributed by atoms with E-state index in [1.165, 1.54) is 0 Å². The van der Waals surface area contributed by atoms with Gasteiger partial charge in [0, 0.05) is 11.8 Å². The molecule has 2 rings (SSSR count). The van der Waals surface area contributed by atoms with Gasteiger partial charge in [-0.2, -0.15) is 0 Å². The maximum absolute atomic E-state index is 4.52. The lowest BCUT2D eigenvalue weighted by atomic mass is 10.2. The number of nitrogens with zero attached hydrogens (tertiary/aromatic N) is 3. The summed E-state index contributed by atoms with van der Waals surface area (Å²) in [7, 11) is 0. The maximum Gasteiger partial charge on any atom is 0.174 e. The number of thiazole rings is 1. The van der Waals surface area contributed by atoms with Crippen molar-refractivity contribution in [2.75, 3.05) is 0 Å². The molecule has 0 atom stereocenters. The van der Waals surface area contributed by atoms with E-state index in [2.05, 4.69) is 42.6 Å². The van der Waals surface area contributed by atoms with Crippen LogP contribution >= 0.6 is 11.3 Å². The number of fused-ring (bicyclic) bond motifs is 1. The van der Waals surface area contributed by atoms with Crippen LogP contribution in [0.4, 0.5) is 0 Å². The summed E-state index contributed by atoms with van der Waals surface area (Å²) in [5.41, 5.74) is 0.849. The Morgan fingerprint density at radius 2 is 1.80 bits per heavy atom. The summed E-state index contributed by atoms with van der Waals surface area (Å²) in [6.45, 7) is 8.48. The number of aromatic nitrogens is 3. The van der Waals surface area contributed by atoms with E-state index >= 15 is 0 Å². The predicted octanol–water partition coefficient (Wildman–Crippen LogP) is 3.33. The third-order valence-electron chi connectivity index (χ3n) is 2.20. The largest absolute Gasteiger partial charge is 0.239 e. The first-order chi connectivity index (χ1) is 7.08. The minimum absolute atomic E-state index is 0.360. The summed E-state index contributed by atoms with van der Waals surface area (Å²) in [6, 6.07) is 0. The summed E-state index contributed by atoms with van der Waals surface area (Å²) >= 11 is 1.69. The number of hydrogen-bond donors (Lipinski definition) is 0. The van der Waals surface area contributed by atoms with Crippen molar-refractivity contribution in [1.29, 1.82) is 0 Å². The molecule has 0 N–H and O–H groups in total. The molecule has 2 aromatic heterocycles. The predicted molar refractivity (Wildman–Crippen MR) is 63.4 cm³/mol. The Morgan fingerprint density at radius 1 is 1.07 bits per heavy atom. The second-order valence-corrected chi connectivity index (χ2v) is 5.34. The third kappa shape index (κ3) is 2.00. The van der Waals surface area contributed by atoms with Crippen molar-refractivity contribution in [3.8, 4) is 0 Å². The molecule has 0 amide bonds. The van der Waals surface area contributed by atoms with Gasteiger partial charge in [-0.25, -0.2) is 15.0 Å². The summed E-state index contributed by atoms with van der Waals surface area (Å²) < 4.78 is 1.09. The van der Waals surface area contributed by atoms with Crippen molar-refractivity contribution in [1.82, 2.24) is 15.0 Å². The van der Waals surface area contributed by atoms with E-state index in [9.17, 15) is 0 Å². The van der Waals surface area contributed by atoms with Crippen LogP contribution in [0.3, 0.4) is 0 Å². The van der Waals surface area contributed by atoms with Crippen molar-refractivity contribution < 1.29 is 0 Å². The zero-order valence-electron chi connectivity index (χ0n) is 9.48. The molecular formula is C11H15N3S. The van der Waals surface area contributed by atoms with Crippen LogP contribution in [0.5, 0.6) is 0 Å². The fourth-order valence-electron chi connectivity index (χ4n) is 1.29. The Labute approximate surface area is 93.6 Å². The first-order valence-electron chi connectivity index (χ1n) is 5.21. The van der Waals surface area contributed by atoms with Gasteiger partial charge >= 0.3 is 0 Å². The van der Waals surface area contributed by atoms with Gasteiger partial charge in [0.05, 0.1) is 15.9 Å². The van der Waals surface area contributed by atoms with Crippen LogP contribution in [0, 0.1) is 0 Å². The van der Waals surface area contributed by atoms with Gasteiger partial charge < -0.3 is 0 Å². The van der Waals surface area contributed by atoms with Crippen LogP contribution in [-0.4, -0.2) is 15.0 Å². The molecule has 2 heterocycles. The summed E-state index contributed by atoms with van der Waals surface area (Å²) in [4.78, 5) is 13.3. The molecule has 0 saturated carbocycles. The standard InChI is InChI=1S/C11H15N3S/c1-6(2)9-12-5-8-10(13-9)14-11(15-8)7(3)4/h5-7H,1-4H3. The van der Waals surface area contributed by atoms with Gasteiger partial charge in [0.1, 0.15) is 5.82 Å². The van der Waals surface area contributed by atoms with Crippen molar-refractivity contribution in [3.63, 3.8) is 0 Å². The van der Waals surface area contributed by atoms with E-state index < -0.39 is 0 Å². The van der Waals surface area contributed by atoms with E-state index in [1.807, 2.05) is 6.20 Å². The second-order valence-electron chi connectivity index (χ2n) is 4.28. The van der Waals surface area contributed by atoms with Gasteiger partial charge in [0.15, 0.2) is 5.65 Å². The van der Waals surface area contributed by atoms with Crippen LogP contribution in [0.15, 0.2) is 6.20 Å². The van der Waals surface area contributed by atoms with E-state index in [0.717, 1.165) is 21.2 Å². The molecule has 15 heavy (non-hydrogen) atoms. The fraction of sp³-hybridized carbons (Fsp3) is 0.545. The van der Waals surface area contributed by atoms with E-state index in [1.54, 1.807) is 11.3 Å². The Hall–Kier alpha value is -1.03. The highest BCUT2D eigenvalue weighted by molar-refractivity contribution is 7.18. The molecule has 0 unspecified atom stereocenters. The number of rotatable bonds is 2. The zero-order chi connectivity index (χ0) is 11.0. The van der Waals surface area contributed by atoms with Gasteiger partial charge in [-0.3, -0.25) is 0 Å². The molecule has 0 aromatic carbocycles. The topological polar surface area (TPSA) is 38.7 Å². The van der Waals surface area contributed by atoms with E-state index in [0.29, 0.717) is 11.8 Å². The Kier molecular flexibility index (Phi) is 2.69. The highest BCUT2D eigenvalue weighted by atomic mass is 32.1. The molecule has 0 saturated heterocycles. The lowest BCUT2D eigenvalue weighted by Crippen LogP contribution is -1.96. The SMILES string of the molecule is CC(C)c1ncc2sc(C(C)C)nc2n1. The Morgan fingerprint density at radius 3 is 2.40 bits per heavy atom. The first kappa shape index (κ1) is 10.5. The van der Waals surface area contributed by atoms with Crippen molar-refractivity contribution in [2.24, 2.45) is 0 Å². The molecule has 0 aliphatic carbocycles. The summed E-state index contributed by atoms with van der Waals surface area (Å²) in [5.74, 6) is 1.70. The molecule has 0 aliphatic heterocycles. The van der Waals surface area contributed by atoms with Crippen molar-refractivity contribution in [2.45, 2.75) is 39.5 Å². The van der Waals surface area contributed by atoms with Crippen molar-refractivity contribution in [3.05, 3.63) is 17.0 Å². The highest BCUT2D eigenvalue weighted by Gasteiger charge is 2.10. The fourth-order valence-corrected chi connectivity index (χ4v) is 2.17. The maximum atomic E-state index is 4.52. The van der Waals surface area contributed by atoms with Gasteiger partial charge in [-0.1, -0.05) is 27.7 Å².